The van der Waals surface area contributed by atoms with Crippen molar-refractivity contribution in [1.82, 2.24) is 4.98 Å². The highest BCUT2D eigenvalue weighted by Gasteiger charge is 2.16. The first-order chi connectivity index (χ1) is 10.8. The van der Waals surface area contributed by atoms with Gasteiger partial charge in [-0.05, 0) is 30.3 Å². The molecule has 0 atom stereocenters. The average Bonchev–Trinajstić information content (AvgIpc) is 2.91. The summed E-state index contributed by atoms with van der Waals surface area (Å²) in [5, 5.41) is 0. The number of hydrogen-bond donors (Lipinski definition) is 1. The van der Waals surface area contributed by atoms with Crippen LogP contribution in [0.15, 0.2) is 57.8 Å². The lowest BCUT2D eigenvalue weighted by Crippen LogP contribution is -2.12. The lowest BCUT2D eigenvalue weighted by Gasteiger charge is -2.07. The van der Waals surface area contributed by atoms with Gasteiger partial charge in [0.25, 0.3) is 10.0 Å². The SMILES string of the molecule is CS(=O)(=O)c1nc2ccc(NS(=O)(=O)c3ccccc3)cc2s1. The molecule has 3 rings (SSSR count). The first-order valence-electron chi connectivity index (χ1n) is 6.44. The third-order valence-corrected chi connectivity index (χ3v) is 7.09. The smallest absolute Gasteiger partial charge is 0.261 e. The Hall–Kier alpha value is -1.97. The van der Waals surface area contributed by atoms with E-state index in [2.05, 4.69) is 9.71 Å². The Balaban J connectivity index is 1.98. The maximum atomic E-state index is 12.3. The summed E-state index contributed by atoms with van der Waals surface area (Å²) in [4.78, 5) is 4.19. The number of fused-ring (bicyclic) bond motifs is 1. The highest BCUT2D eigenvalue weighted by atomic mass is 32.2. The van der Waals surface area contributed by atoms with E-state index < -0.39 is 19.9 Å². The van der Waals surface area contributed by atoms with Gasteiger partial charge in [-0.2, -0.15) is 0 Å². The van der Waals surface area contributed by atoms with Crippen molar-refractivity contribution in [2.45, 2.75) is 9.24 Å². The monoisotopic (exact) mass is 368 g/mol. The summed E-state index contributed by atoms with van der Waals surface area (Å²) in [5.74, 6) is 0. The molecule has 0 aliphatic heterocycles. The molecule has 0 bridgehead atoms. The third kappa shape index (κ3) is 3.36. The Bertz CT molecular complexity index is 1070. The molecule has 0 aliphatic carbocycles. The van der Waals surface area contributed by atoms with Crippen molar-refractivity contribution in [3.8, 4) is 0 Å². The summed E-state index contributed by atoms with van der Waals surface area (Å²) in [5.41, 5.74) is 0.864. The van der Waals surface area contributed by atoms with Crippen LogP contribution >= 0.6 is 11.3 Å². The molecule has 0 saturated heterocycles. The fourth-order valence-electron chi connectivity index (χ4n) is 1.94. The first-order valence-corrected chi connectivity index (χ1v) is 10.6. The van der Waals surface area contributed by atoms with Crippen LogP contribution in [-0.2, 0) is 19.9 Å². The number of hydrogen-bond acceptors (Lipinski definition) is 6. The van der Waals surface area contributed by atoms with Gasteiger partial charge in [0.05, 0.1) is 20.8 Å². The number of nitrogens with one attached hydrogen (secondary N) is 1. The van der Waals surface area contributed by atoms with Crippen molar-refractivity contribution >= 4 is 47.1 Å². The summed E-state index contributed by atoms with van der Waals surface area (Å²) in [6, 6.07) is 12.7. The highest BCUT2D eigenvalue weighted by molar-refractivity contribution is 7.93. The van der Waals surface area contributed by atoms with Crippen LogP contribution in [0.4, 0.5) is 5.69 Å². The number of aromatic nitrogens is 1. The Morgan fingerprint density at radius 3 is 2.35 bits per heavy atom. The molecule has 0 radical (unpaired) electrons. The van der Waals surface area contributed by atoms with Crippen LogP contribution in [0.25, 0.3) is 10.2 Å². The normalized spacial score (nSPS) is 12.4. The molecule has 120 valence electrons. The Morgan fingerprint density at radius 1 is 1.00 bits per heavy atom. The molecular weight excluding hydrogens is 356 g/mol. The van der Waals surface area contributed by atoms with Gasteiger partial charge in [0, 0.05) is 6.26 Å². The van der Waals surface area contributed by atoms with Crippen LogP contribution in [-0.4, -0.2) is 28.1 Å². The van der Waals surface area contributed by atoms with Crippen molar-refractivity contribution in [1.29, 1.82) is 0 Å². The van der Waals surface area contributed by atoms with Crippen LogP contribution in [0, 0.1) is 0 Å². The van der Waals surface area contributed by atoms with Gasteiger partial charge in [-0.15, -0.1) is 11.3 Å². The van der Waals surface area contributed by atoms with Gasteiger partial charge >= 0.3 is 0 Å². The van der Waals surface area contributed by atoms with E-state index in [-0.39, 0.29) is 9.24 Å². The predicted octanol–water partition coefficient (Wildman–Crippen LogP) is 2.50. The topological polar surface area (TPSA) is 93.2 Å². The number of thiazole rings is 1. The first kappa shape index (κ1) is 15.9. The van der Waals surface area contributed by atoms with Crippen molar-refractivity contribution in [2.24, 2.45) is 0 Å². The van der Waals surface area contributed by atoms with Gasteiger partial charge in [0.1, 0.15) is 0 Å². The quantitative estimate of drug-likeness (QED) is 0.764. The zero-order valence-corrected chi connectivity index (χ0v) is 14.4. The molecule has 0 saturated carbocycles. The fourth-order valence-corrected chi connectivity index (χ4v) is 4.89. The minimum Gasteiger partial charge on any atom is -0.280 e. The van der Waals surface area contributed by atoms with E-state index >= 15 is 0 Å². The molecule has 0 aliphatic rings. The average molecular weight is 368 g/mol. The summed E-state index contributed by atoms with van der Waals surface area (Å²) in [6.45, 7) is 0. The standard InChI is InChI=1S/C14H12N2O4S3/c1-22(17,18)14-15-12-8-7-10(9-13(12)21-14)16-23(19,20)11-5-3-2-4-6-11/h2-9,16H,1H3. The molecule has 23 heavy (non-hydrogen) atoms. The zero-order valence-electron chi connectivity index (χ0n) is 11.9. The highest BCUT2D eigenvalue weighted by Crippen LogP contribution is 2.28. The summed E-state index contributed by atoms with van der Waals surface area (Å²) in [6.07, 6.45) is 1.09. The molecule has 1 aromatic heterocycles. The largest absolute Gasteiger partial charge is 0.280 e. The number of sulfone groups is 1. The number of sulfonamides is 1. The Labute approximate surface area is 137 Å². The summed E-state index contributed by atoms with van der Waals surface area (Å²) >= 11 is 1.01. The molecule has 2 aromatic carbocycles. The van der Waals surface area contributed by atoms with Gasteiger partial charge in [-0.1, -0.05) is 18.2 Å². The second kappa shape index (κ2) is 5.59. The maximum absolute atomic E-state index is 12.3. The van der Waals surface area contributed by atoms with Crippen molar-refractivity contribution in [2.75, 3.05) is 11.0 Å². The Kier molecular flexibility index (Phi) is 3.86. The van der Waals surface area contributed by atoms with E-state index in [0.717, 1.165) is 17.6 Å². The molecule has 0 fully saturated rings. The van der Waals surface area contributed by atoms with E-state index in [4.69, 9.17) is 0 Å². The van der Waals surface area contributed by atoms with Crippen molar-refractivity contribution in [3.63, 3.8) is 0 Å². The molecule has 0 unspecified atom stereocenters. The summed E-state index contributed by atoms with van der Waals surface area (Å²) in [7, 11) is -7.07. The lowest BCUT2D eigenvalue weighted by molar-refractivity contribution is 0.599. The predicted molar refractivity (Wildman–Crippen MR) is 90.0 cm³/mol. The van der Waals surface area contributed by atoms with Crippen molar-refractivity contribution in [3.05, 3.63) is 48.5 Å². The second-order valence-corrected chi connectivity index (χ2v) is 9.76. The number of rotatable bonds is 4. The molecule has 1 N–H and O–H groups in total. The minimum atomic E-state index is -3.69. The Morgan fingerprint density at radius 2 is 1.70 bits per heavy atom. The van der Waals surface area contributed by atoms with E-state index in [1.54, 1.807) is 36.4 Å². The number of anilines is 1. The van der Waals surface area contributed by atoms with Crippen LogP contribution in [0.2, 0.25) is 0 Å². The molecule has 0 amide bonds. The molecule has 3 aromatic rings. The van der Waals surface area contributed by atoms with Gasteiger partial charge in [0.15, 0.2) is 0 Å². The zero-order chi connectivity index (χ0) is 16.7. The minimum absolute atomic E-state index is 0.00978. The van der Waals surface area contributed by atoms with Crippen LogP contribution in [0.5, 0.6) is 0 Å². The van der Waals surface area contributed by atoms with Gasteiger partial charge in [-0.3, -0.25) is 4.72 Å². The van der Waals surface area contributed by atoms with Crippen LogP contribution in [0.1, 0.15) is 0 Å². The lowest BCUT2D eigenvalue weighted by atomic mass is 10.3. The second-order valence-electron chi connectivity index (χ2n) is 4.85. The van der Waals surface area contributed by atoms with E-state index in [0.29, 0.717) is 15.9 Å². The van der Waals surface area contributed by atoms with Crippen LogP contribution < -0.4 is 4.72 Å². The molecule has 9 heteroatoms. The molecule has 6 nitrogen and oxygen atoms in total. The molecule has 1 heterocycles. The van der Waals surface area contributed by atoms with Gasteiger partial charge < -0.3 is 0 Å². The van der Waals surface area contributed by atoms with E-state index in [1.807, 2.05) is 0 Å². The van der Waals surface area contributed by atoms with E-state index in [9.17, 15) is 16.8 Å². The van der Waals surface area contributed by atoms with Crippen molar-refractivity contribution < 1.29 is 16.8 Å². The summed E-state index contributed by atoms with van der Waals surface area (Å²) < 4.78 is 50.7. The number of nitrogens with zero attached hydrogens (tertiary/aromatic N) is 1. The van der Waals surface area contributed by atoms with E-state index in [1.165, 1.54) is 12.1 Å². The fraction of sp³-hybridized carbons (Fsp3) is 0.0714. The number of benzene rings is 2. The van der Waals surface area contributed by atoms with Gasteiger partial charge in [-0.25, -0.2) is 21.8 Å². The van der Waals surface area contributed by atoms with Gasteiger partial charge in [0.2, 0.25) is 14.2 Å². The molecule has 0 spiro atoms. The van der Waals surface area contributed by atoms with Crippen LogP contribution in [0.3, 0.4) is 0 Å². The third-order valence-electron chi connectivity index (χ3n) is 2.99. The molecular formula is C14H12N2O4S3. The maximum Gasteiger partial charge on any atom is 0.261 e.